The third kappa shape index (κ3) is 3.66. The van der Waals surface area contributed by atoms with Crippen molar-refractivity contribution >= 4 is 11.6 Å². The van der Waals surface area contributed by atoms with E-state index < -0.39 is 0 Å². The average Bonchev–Trinajstić information content (AvgIpc) is 3.03. The molecule has 2 heterocycles. The number of benzene rings is 1. The Morgan fingerprint density at radius 2 is 2.05 bits per heavy atom. The first kappa shape index (κ1) is 13.8. The lowest BCUT2D eigenvalue weighted by Crippen LogP contribution is -2.30. The smallest absolute Gasteiger partial charge is 0.247 e. The summed E-state index contributed by atoms with van der Waals surface area (Å²) in [6.07, 6.45) is 4.03. The number of carbonyl (C=O) groups excluding carboxylic acids is 1. The van der Waals surface area contributed by atoms with Gasteiger partial charge in [-0.25, -0.2) is 0 Å². The van der Waals surface area contributed by atoms with Crippen molar-refractivity contribution in [3.05, 3.63) is 30.7 Å². The first-order valence-electron chi connectivity index (χ1n) is 7.18. The Bertz CT molecular complexity index is 574. The normalized spacial score (nSPS) is 15.8. The lowest BCUT2D eigenvalue weighted by atomic mass is 9.94. The van der Waals surface area contributed by atoms with Gasteiger partial charge in [0.15, 0.2) is 0 Å². The monoisotopic (exact) mass is 286 g/mol. The minimum atomic E-state index is 0.0763. The third-order valence-electron chi connectivity index (χ3n) is 3.71. The highest BCUT2D eigenvalue weighted by Crippen LogP contribution is 2.20. The molecule has 0 bridgehead atoms. The number of nitrogens with zero attached hydrogens (tertiary/aromatic N) is 2. The molecule has 0 spiro atoms. The van der Waals surface area contributed by atoms with Gasteiger partial charge in [-0.3, -0.25) is 4.79 Å². The second kappa shape index (κ2) is 6.49. The zero-order valence-electron chi connectivity index (χ0n) is 11.7. The molecule has 0 saturated carbocycles. The molecule has 6 heteroatoms. The predicted octanol–water partition coefficient (Wildman–Crippen LogP) is 2.06. The topological polar surface area (TPSA) is 80.0 Å². The Labute approximate surface area is 123 Å². The van der Waals surface area contributed by atoms with Crippen LogP contribution in [0.4, 0.5) is 5.69 Å². The van der Waals surface area contributed by atoms with Gasteiger partial charge in [0.25, 0.3) is 0 Å². The fourth-order valence-corrected chi connectivity index (χ4v) is 2.56. The van der Waals surface area contributed by atoms with E-state index in [1.807, 2.05) is 24.3 Å². The summed E-state index contributed by atoms with van der Waals surface area (Å²) in [6, 6.07) is 7.40. The van der Waals surface area contributed by atoms with Crippen molar-refractivity contribution in [2.45, 2.75) is 19.3 Å². The van der Waals surface area contributed by atoms with Gasteiger partial charge in [-0.15, -0.1) is 10.2 Å². The van der Waals surface area contributed by atoms with E-state index in [0.29, 0.717) is 18.2 Å². The maximum atomic E-state index is 12.0. The molecule has 1 fully saturated rings. The lowest BCUT2D eigenvalue weighted by molar-refractivity contribution is -0.117. The van der Waals surface area contributed by atoms with Gasteiger partial charge in [0.05, 0.1) is 0 Å². The largest absolute Gasteiger partial charge is 0.423 e. The molecule has 3 rings (SSSR count). The second-order valence-electron chi connectivity index (χ2n) is 5.27. The Kier molecular flexibility index (Phi) is 4.25. The summed E-state index contributed by atoms with van der Waals surface area (Å²) in [5.74, 6) is 1.04. The minimum Gasteiger partial charge on any atom is -0.423 e. The summed E-state index contributed by atoms with van der Waals surface area (Å²) in [5.41, 5.74) is 1.63. The predicted molar refractivity (Wildman–Crippen MR) is 78.6 cm³/mol. The number of carbonyl (C=O) groups is 1. The fourth-order valence-electron chi connectivity index (χ4n) is 2.56. The van der Waals surface area contributed by atoms with Crippen molar-refractivity contribution in [3.63, 3.8) is 0 Å². The lowest BCUT2D eigenvalue weighted by Gasteiger charge is -2.21. The molecular weight excluding hydrogens is 268 g/mol. The average molecular weight is 286 g/mol. The zero-order chi connectivity index (χ0) is 14.5. The summed E-state index contributed by atoms with van der Waals surface area (Å²) >= 11 is 0. The molecule has 2 aromatic rings. The van der Waals surface area contributed by atoms with Crippen LogP contribution in [0.5, 0.6) is 0 Å². The molecule has 1 aliphatic heterocycles. The molecule has 0 radical (unpaired) electrons. The van der Waals surface area contributed by atoms with Crippen LogP contribution in [0.25, 0.3) is 11.5 Å². The number of nitrogens with one attached hydrogen (secondary N) is 2. The fraction of sp³-hybridized carbons (Fsp3) is 0.400. The van der Waals surface area contributed by atoms with Gasteiger partial charge >= 0.3 is 0 Å². The molecule has 0 atom stereocenters. The van der Waals surface area contributed by atoms with Gasteiger partial charge in [0, 0.05) is 17.7 Å². The van der Waals surface area contributed by atoms with E-state index in [1.165, 1.54) is 6.39 Å². The van der Waals surface area contributed by atoms with E-state index in [-0.39, 0.29) is 5.91 Å². The van der Waals surface area contributed by atoms with Gasteiger partial charge in [-0.05, 0) is 56.1 Å². The quantitative estimate of drug-likeness (QED) is 0.899. The van der Waals surface area contributed by atoms with E-state index >= 15 is 0 Å². The minimum absolute atomic E-state index is 0.0763. The number of hydrogen-bond acceptors (Lipinski definition) is 5. The van der Waals surface area contributed by atoms with Gasteiger partial charge in [0.2, 0.25) is 18.2 Å². The van der Waals surface area contributed by atoms with Crippen LogP contribution in [0.3, 0.4) is 0 Å². The summed E-state index contributed by atoms with van der Waals surface area (Å²) < 4.78 is 5.13. The molecule has 2 N–H and O–H groups in total. The number of hydrogen-bond donors (Lipinski definition) is 2. The Hall–Kier alpha value is -2.21. The van der Waals surface area contributed by atoms with E-state index in [9.17, 15) is 4.79 Å². The van der Waals surface area contributed by atoms with Crippen LogP contribution in [-0.2, 0) is 4.79 Å². The van der Waals surface area contributed by atoms with Gasteiger partial charge in [-0.2, -0.15) is 0 Å². The highest BCUT2D eigenvalue weighted by molar-refractivity contribution is 5.91. The van der Waals surface area contributed by atoms with Crippen LogP contribution in [0.1, 0.15) is 19.3 Å². The van der Waals surface area contributed by atoms with E-state index in [2.05, 4.69) is 20.8 Å². The number of piperidine rings is 1. The Balaban J connectivity index is 1.56. The Morgan fingerprint density at radius 1 is 1.29 bits per heavy atom. The molecule has 6 nitrogen and oxygen atoms in total. The summed E-state index contributed by atoms with van der Waals surface area (Å²) in [4.78, 5) is 12.0. The number of anilines is 1. The van der Waals surface area contributed by atoms with Gasteiger partial charge < -0.3 is 15.1 Å². The van der Waals surface area contributed by atoms with E-state index in [1.54, 1.807) is 0 Å². The maximum Gasteiger partial charge on any atom is 0.247 e. The van der Waals surface area contributed by atoms with Crippen LogP contribution in [0.15, 0.2) is 35.1 Å². The van der Waals surface area contributed by atoms with Crippen LogP contribution in [-0.4, -0.2) is 29.2 Å². The highest BCUT2D eigenvalue weighted by atomic mass is 16.4. The first-order valence-corrected chi connectivity index (χ1v) is 7.18. The first-order chi connectivity index (χ1) is 10.3. The van der Waals surface area contributed by atoms with Crippen molar-refractivity contribution in [3.8, 4) is 11.5 Å². The van der Waals surface area contributed by atoms with Crippen LogP contribution < -0.4 is 10.6 Å². The molecule has 110 valence electrons. The molecule has 1 aliphatic rings. The highest BCUT2D eigenvalue weighted by Gasteiger charge is 2.16. The number of aromatic nitrogens is 2. The van der Waals surface area contributed by atoms with Crippen molar-refractivity contribution in [2.75, 3.05) is 18.4 Å². The van der Waals surface area contributed by atoms with Crippen molar-refractivity contribution in [1.82, 2.24) is 15.5 Å². The molecular formula is C15H18N4O2. The van der Waals surface area contributed by atoms with E-state index in [4.69, 9.17) is 4.42 Å². The van der Waals surface area contributed by atoms with Crippen LogP contribution >= 0.6 is 0 Å². The molecule has 0 unspecified atom stereocenters. The maximum absolute atomic E-state index is 12.0. The zero-order valence-corrected chi connectivity index (χ0v) is 11.7. The van der Waals surface area contributed by atoms with Crippen molar-refractivity contribution in [1.29, 1.82) is 0 Å². The SMILES string of the molecule is O=C(CC1CCNCC1)Nc1ccc(-c2nnco2)cc1. The summed E-state index contributed by atoms with van der Waals surface area (Å²) in [7, 11) is 0. The van der Waals surface area contributed by atoms with Gasteiger partial charge in [0.1, 0.15) is 0 Å². The van der Waals surface area contributed by atoms with Crippen LogP contribution in [0, 0.1) is 5.92 Å². The molecule has 0 aliphatic carbocycles. The van der Waals surface area contributed by atoms with Crippen LogP contribution in [0.2, 0.25) is 0 Å². The summed E-state index contributed by atoms with van der Waals surface area (Å²) in [6.45, 7) is 2.02. The van der Waals surface area contributed by atoms with Gasteiger partial charge in [-0.1, -0.05) is 0 Å². The molecule has 1 amide bonds. The standard InChI is InChI=1S/C15H18N4O2/c20-14(9-11-5-7-16-8-6-11)18-13-3-1-12(2-4-13)15-19-17-10-21-15/h1-4,10-11,16H,5-9H2,(H,18,20). The van der Waals surface area contributed by atoms with E-state index in [0.717, 1.165) is 37.2 Å². The molecule has 1 aromatic heterocycles. The van der Waals surface area contributed by atoms with Crippen molar-refractivity contribution in [2.24, 2.45) is 5.92 Å². The number of rotatable bonds is 4. The number of amides is 1. The van der Waals surface area contributed by atoms with Crippen molar-refractivity contribution < 1.29 is 9.21 Å². The summed E-state index contributed by atoms with van der Waals surface area (Å²) in [5, 5.41) is 13.7. The molecule has 1 saturated heterocycles. The second-order valence-corrected chi connectivity index (χ2v) is 5.27. The Morgan fingerprint density at radius 3 is 2.71 bits per heavy atom. The molecule has 1 aromatic carbocycles. The third-order valence-corrected chi connectivity index (χ3v) is 3.71. The molecule has 21 heavy (non-hydrogen) atoms.